The lowest BCUT2D eigenvalue weighted by Gasteiger charge is -2.37. The normalized spacial score (nSPS) is 26.3. The molecule has 0 aromatic heterocycles. The molecule has 0 radical (unpaired) electrons. The predicted molar refractivity (Wildman–Crippen MR) is 99.0 cm³/mol. The summed E-state index contributed by atoms with van der Waals surface area (Å²) in [5.74, 6) is 2.45. The third kappa shape index (κ3) is 8.09. The molecule has 4 heteroatoms. The van der Waals surface area contributed by atoms with E-state index >= 15 is 0 Å². The molecule has 4 nitrogen and oxygen atoms in total. The number of aliphatic hydroxyl groups is 1. The number of rotatable bonds is 10. The number of nitrogens with zero attached hydrogens (tertiary/aromatic N) is 1. The Hall–Kier alpha value is -0.450. The average molecular weight is 342 g/mol. The van der Waals surface area contributed by atoms with E-state index in [0.717, 1.165) is 13.0 Å². The van der Waals surface area contributed by atoms with Gasteiger partial charge in [-0.25, -0.2) is 0 Å². The minimum atomic E-state index is -0.415. The zero-order chi connectivity index (χ0) is 18.3. The molecule has 24 heavy (non-hydrogen) atoms. The summed E-state index contributed by atoms with van der Waals surface area (Å²) in [7, 11) is 0. The SMILES string of the molecule is CC(C)CN(CC(=O)COC1CC(C)CCC1C(C)C)CC(C)O. The lowest BCUT2D eigenvalue weighted by atomic mass is 9.75. The molecule has 1 N–H and O–H groups in total. The van der Waals surface area contributed by atoms with E-state index in [1.807, 2.05) is 4.90 Å². The van der Waals surface area contributed by atoms with Crippen molar-refractivity contribution >= 4 is 5.78 Å². The fourth-order valence-electron chi connectivity index (χ4n) is 3.90. The van der Waals surface area contributed by atoms with Crippen LogP contribution in [0.25, 0.3) is 0 Å². The highest BCUT2D eigenvalue weighted by Crippen LogP contribution is 2.35. The van der Waals surface area contributed by atoms with E-state index in [0.29, 0.717) is 36.8 Å². The van der Waals surface area contributed by atoms with Gasteiger partial charge in [-0.3, -0.25) is 9.69 Å². The predicted octanol–water partition coefficient (Wildman–Crippen LogP) is 3.37. The molecule has 0 aromatic carbocycles. The van der Waals surface area contributed by atoms with E-state index < -0.39 is 6.10 Å². The van der Waals surface area contributed by atoms with Crippen molar-refractivity contribution in [3.05, 3.63) is 0 Å². The van der Waals surface area contributed by atoms with Gasteiger partial charge in [0.15, 0.2) is 5.78 Å². The van der Waals surface area contributed by atoms with Crippen molar-refractivity contribution < 1.29 is 14.6 Å². The molecule has 1 aliphatic carbocycles. The molecule has 0 aromatic rings. The maximum absolute atomic E-state index is 12.4. The van der Waals surface area contributed by atoms with E-state index in [9.17, 15) is 9.90 Å². The second-order valence-electron chi connectivity index (χ2n) is 8.65. The quantitative estimate of drug-likeness (QED) is 0.662. The zero-order valence-corrected chi connectivity index (χ0v) is 16.6. The van der Waals surface area contributed by atoms with Crippen LogP contribution in [0.1, 0.15) is 60.8 Å². The van der Waals surface area contributed by atoms with E-state index in [1.165, 1.54) is 12.8 Å². The van der Waals surface area contributed by atoms with Crippen molar-refractivity contribution in [2.24, 2.45) is 23.7 Å². The summed E-state index contributed by atoms with van der Waals surface area (Å²) in [5, 5.41) is 9.62. The Kier molecular flexibility index (Phi) is 9.47. The highest BCUT2D eigenvalue weighted by atomic mass is 16.5. The van der Waals surface area contributed by atoms with Crippen molar-refractivity contribution in [2.45, 2.75) is 73.0 Å². The van der Waals surface area contributed by atoms with Gasteiger partial charge in [0, 0.05) is 13.1 Å². The van der Waals surface area contributed by atoms with Crippen LogP contribution in [0, 0.1) is 23.7 Å². The topological polar surface area (TPSA) is 49.8 Å². The maximum Gasteiger partial charge on any atom is 0.172 e. The number of carbonyl (C=O) groups is 1. The molecule has 1 saturated carbocycles. The fraction of sp³-hybridized carbons (Fsp3) is 0.950. The van der Waals surface area contributed by atoms with Crippen LogP contribution in [-0.4, -0.2) is 54.2 Å². The second kappa shape index (κ2) is 10.5. The van der Waals surface area contributed by atoms with Crippen molar-refractivity contribution in [1.82, 2.24) is 4.90 Å². The number of Topliss-reactive ketones (excluding diaryl/α,β-unsaturated/α-hetero) is 1. The standard InChI is InChI=1S/C20H39NO3/c1-14(2)10-21(11-17(6)22)12-18(23)13-24-20-9-16(5)7-8-19(20)15(3)4/h14-17,19-20,22H,7-13H2,1-6H3. The van der Waals surface area contributed by atoms with Gasteiger partial charge in [-0.05, 0) is 43.4 Å². The van der Waals surface area contributed by atoms with Gasteiger partial charge < -0.3 is 9.84 Å². The van der Waals surface area contributed by atoms with Gasteiger partial charge in [-0.15, -0.1) is 0 Å². The minimum absolute atomic E-state index is 0.122. The number of ketones is 1. The summed E-state index contributed by atoms with van der Waals surface area (Å²) in [4.78, 5) is 14.4. The van der Waals surface area contributed by atoms with Gasteiger partial charge in [-0.1, -0.05) is 41.0 Å². The van der Waals surface area contributed by atoms with E-state index in [-0.39, 0.29) is 18.5 Å². The van der Waals surface area contributed by atoms with Crippen LogP contribution in [0.2, 0.25) is 0 Å². The Morgan fingerprint density at radius 3 is 2.38 bits per heavy atom. The van der Waals surface area contributed by atoms with Crippen LogP contribution in [-0.2, 0) is 9.53 Å². The molecule has 4 unspecified atom stereocenters. The van der Waals surface area contributed by atoms with Gasteiger partial charge in [0.1, 0.15) is 6.61 Å². The van der Waals surface area contributed by atoms with Gasteiger partial charge in [0.2, 0.25) is 0 Å². The second-order valence-corrected chi connectivity index (χ2v) is 8.65. The summed E-state index contributed by atoms with van der Waals surface area (Å²) in [6.45, 7) is 14.8. The first kappa shape index (κ1) is 21.6. The van der Waals surface area contributed by atoms with Crippen LogP contribution in [0.15, 0.2) is 0 Å². The number of aliphatic hydroxyl groups excluding tert-OH is 1. The van der Waals surface area contributed by atoms with E-state index in [1.54, 1.807) is 6.92 Å². The first-order valence-electron chi connectivity index (χ1n) is 9.72. The molecule has 0 aliphatic heterocycles. The summed E-state index contributed by atoms with van der Waals surface area (Å²) >= 11 is 0. The number of carbonyl (C=O) groups excluding carboxylic acids is 1. The van der Waals surface area contributed by atoms with Gasteiger partial charge in [0.05, 0.1) is 18.8 Å². The van der Waals surface area contributed by atoms with Crippen LogP contribution in [0.4, 0.5) is 0 Å². The number of hydrogen-bond acceptors (Lipinski definition) is 4. The Morgan fingerprint density at radius 2 is 1.83 bits per heavy atom. The van der Waals surface area contributed by atoms with Gasteiger partial charge in [0.25, 0.3) is 0 Å². The minimum Gasteiger partial charge on any atom is -0.392 e. The molecule has 1 fully saturated rings. The highest BCUT2D eigenvalue weighted by Gasteiger charge is 2.31. The van der Waals surface area contributed by atoms with Crippen molar-refractivity contribution in [2.75, 3.05) is 26.2 Å². The van der Waals surface area contributed by atoms with Crippen LogP contribution in [0.3, 0.4) is 0 Å². The molecule has 0 saturated heterocycles. The van der Waals surface area contributed by atoms with Crippen LogP contribution < -0.4 is 0 Å². The molecule has 142 valence electrons. The monoisotopic (exact) mass is 341 g/mol. The Morgan fingerprint density at radius 1 is 1.17 bits per heavy atom. The number of ether oxygens (including phenoxy) is 1. The summed E-state index contributed by atoms with van der Waals surface area (Å²) in [5.41, 5.74) is 0. The van der Waals surface area contributed by atoms with E-state index in [4.69, 9.17) is 4.74 Å². The third-order valence-electron chi connectivity index (χ3n) is 4.97. The average Bonchev–Trinajstić information content (AvgIpc) is 2.43. The molecule has 0 heterocycles. The van der Waals surface area contributed by atoms with Gasteiger partial charge >= 0.3 is 0 Å². The number of hydrogen-bond donors (Lipinski definition) is 1. The van der Waals surface area contributed by atoms with Crippen molar-refractivity contribution in [3.8, 4) is 0 Å². The summed E-state index contributed by atoms with van der Waals surface area (Å²) < 4.78 is 6.06. The molecule has 0 bridgehead atoms. The Labute approximate surface area is 148 Å². The zero-order valence-electron chi connectivity index (χ0n) is 16.6. The summed E-state index contributed by atoms with van der Waals surface area (Å²) in [6, 6.07) is 0. The molecule has 4 atom stereocenters. The Bertz CT molecular complexity index is 358. The lowest BCUT2D eigenvalue weighted by molar-refractivity contribution is -0.130. The highest BCUT2D eigenvalue weighted by molar-refractivity contribution is 5.81. The molecule has 1 aliphatic rings. The van der Waals surface area contributed by atoms with Gasteiger partial charge in [-0.2, -0.15) is 0 Å². The smallest absolute Gasteiger partial charge is 0.172 e. The molecular weight excluding hydrogens is 302 g/mol. The van der Waals surface area contributed by atoms with E-state index in [2.05, 4.69) is 34.6 Å². The fourth-order valence-corrected chi connectivity index (χ4v) is 3.90. The van der Waals surface area contributed by atoms with Crippen LogP contribution in [0.5, 0.6) is 0 Å². The van der Waals surface area contributed by atoms with Crippen LogP contribution >= 0.6 is 0 Å². The molecule has 0 amide bonds. The van der Waals surface area contributed by atoms with Crippen molar-refractivity contribution in [3.63, 3.8) is 0 Å². The molecular formula is C20H39NO3. The van der Waals surface area contributed by atoms with Crippen molar-refractivity contribution in [1.29, 1.82) is 0 Å². The molecule has 1 rings (SSSR count). The first-order chi connectivity index (χ1) is 11.2. The third-order valence-corrected chi connectivity index (χ3v) is 4.97. The largest absolute Gasteiger partial charge is 0.392 e. The molecule has 0 spiro atoms. The maximum atomic E-state index is 12.4. The Balaban J connectivity index is 2.49. The lowest BCUT2D eigenvalue weighted by Crippen LogP contribution is -2.40. The summed E-state index contributed by atoms with van der Waals surface area (Å²) in [6.07, 6.45) is 3.35. The first-order valence-corrected chi connectivity index (χ1v) is 9.72.